The number of ether oxygens (including phenoxy) is 6. The highest BCUT2D eigenvalue weighted by molar-refractivity contribution is 6.07. The average Bonchev–Trinajstić information content (AvgIpc) is 3.55. The van der Waals surface area contributed by atoms with Gasteiger partial charge in [0.15, 0.2) is 17.4 Å². The average molecular weight is 517 g/mol. The first-order valence-electron chi connectivity index (χ1n) is 12.1. The lowest BCUT2D eigenvalue weighted by Crippen LogP contribution is -2.28. The Morgan fingerprint density at radius 3 is 1.84 bits per heavy atom. The summed E-state index contributed by atoms with van der Waals surface area (Å²) in [7, 11) is 5.77. The number of carbonyl (C=O) groups is 2. The molecule has 8 heteroatoms. The van der Waals surface area contributed by atoms with E-state index >= 15 is 0 Å². The lowest BCUT2D eigenvalue weighted by atomic mass is 9.83. The molecule has 38 heavy (non-hydrogen) atoms. The van der Waals surface area contributed by atoms with Crippen LogP contribution in [0.2, 0.25) is 0 Å². The van der Waals surface area contributed by atoms with Crippen molar-refractivity contribution < 1.29 is 38.0 Å². The van der Waals surface area contributed by atoms with Crippen LogP contribution in [0.1, 0.15) is 34.6 Å². The van der Waals surface area contributed by atoms with Crippen molar-refractivity contribution in [3.63, 3.8) is 0 Å². The van der Waals surface area contributed by atoms with Gasteiger partial charge in [0, 0.05) is 5.92 Å². The predicted octanol–water partition coefficient (Wildman–Crippen LogP) is 4.84. The zero-order valence-electron chi connectivity index (χ0n) is 21.6. The van der Waals surface area contributed by atoms with E-state index < -0.39 is 17.9 Å². The van der Waals surface area contributed by atoms with Gasteiger partial charge < -0.3 is 28.4 Å². The van der Waals surface area contributed by atoms with Crippen LogP contribution in [0.25, 0.3) is 11.1 Å². The van der Waals surface area contributed by atoms with Crippen LogP contribution in [0.3, 0.4) is 0 Å². The van der Waals surface area contributed by atoms with E-state index in [9.17, 15) is 9.59 Å². The van der Waals surface area contributed by atoms with Crippen molar-refractivity contribution in [1.82, 2.24) is 0 Å². The van der Waals surface area contributed by atoms with E-state index in [0.29, 0.717) is 11.5 Å². The fourth-order valence-electron chi connectivity index (χ4n) is 5.18. The molecular weight excluding hydrogens is 488 g/mol. The number of hydrogen-bond donors (Lipinski definition) is 0. The first kappa shape index (κ1) is 25.2. The minimum Gasteiger partial charge on any atom is -0.497 e. The van der Waals surface area contributed by atoms with Gasteiger partial charge in [-0.2, -0.15) is 0 Å². The summed E-state index contributed by atoms with van der Waals surface area (Å²) in [5, 5.41) is 0. The number of benzene rings is 3. The molecule has 1 aliphatic heterocycles. The van der Waals surface area contributed by atoms with Gasteiger partial charge >= 0.3 is 11.9 Å². The highest BCUT2D eigenvalue weighted by atomic mass is 16.7. The topological polar surface area (TPSA) is 89.5 Å². The monoisotopic (exact) mass is 516 g/mol. The van der Waals surface area contributed by atoms with Gasteiger partial charge in [0.25, 0.3) is 0 Å². The number of hydrogen-bond acceptors (Lipinski definition) is 8. The van der Waals surface area contributed by atoms with Gasteiger partial charge in [0.2, 0.25) is 6.79 Å². The van der Waals surface area contributed by atoms with E-state index in [1.807, 2.05) is 60.7 Å². The van der Waals surface area contributed by atoms with Crippen LogP contribution in [0.4, 0.5) is 0 Å². The Bertz CT molecular complexity index is 1370. The molecule has 0 spiro atoms. The molecule has 0 amide bonds. The highest BCUT2D eigenvalue weighted by Crippen LogP contribution is 2.55. The molecule has 1 unspecified atom stereocenters. The van der Waals surface area contributed by atoms with Gasteiger partial charge in [-0.3, -0.25) is 9.59 Å². The normalized spacial score (nSPS) is 15.3. The maximum Gasteiger partial charge on any atom is 0.320 e. The van der Waals surface area contributed by atoms with Crippen molar-refractivity contribution in [3.05, 3.63) is 82.9 Å². The van der Waals surface area contributed by atoms with Crippen LogP contribution in [-0.2, 0) is 19.1 Å². The second-order valence-corrected chi connectivity index (χ2v) is 8.93. The van der Waals surface area contributed by atoms with Gasteiger partial charge in [0.1, 0.15) is 11.5 Å². The van der Waals surface area contributed by atoms with Crippen LogP contribution >= 0.6 is 0 Å². The fourth-order valence-corrected chi connectivity index (χ4v) is 5.18. The zero-order valence-corrected chi connectivity index (χ0v) is 21.6. The third-order valence-corrected chi connectivity index (χ3v) is 7.03. The number of esters is 2. The Hall–Kier alpha value is -4.46. The maximum absolute atomic E-state index is 12.7. The second kappa shape index (κ2) is 10.5. The molecule has 196 valence electrons. The Kier molecular flexibility index (Phi) is 6.96. The van der Waals surface area contributed by atoms with Gasteiger partial charge in [-0.15, -0.1) is 0 Å². The first-order chi connectivity index (χ1) is 18.5. The maximum atomic E-state index is 12.7. The Morgan fingerprint density at radius 1 is 0.789 bits per heavy atom. The summed E-state index contributed by atoms with van der Waals surface area (Å²) in [5.41, 5.74) is 5.64. The minimum absolute atomic E-state index is 0.128. The van der Waals surface area contributed by atoms with Crippen molar-refractivity contribution >= 4 is 23.1 Å². The van der Waals surface area contributed by atoms with Gasteiger partial charge in [-0.05, 0) is 76.2 Å². The molecule has 8 nitrogen and oxygen atoms in total. The molecule has 0 fully saturated rings. The largest absolute Gasteiger partial charge is 0.497 e. The Balaban J connectivity index is 1.76. The predicted molar refractivity (Wildman–Crippen MR) is 139 cm³/mol. The summed E-state index contributed by atoms with van der Waals surface area (Å²) in [6.07, 6.45) is 0.146. The Morgan fingerprint density at radius 2 is 1.32 bits per heavy atom. The third-order valence-electron chi connectivity index (χ3n) is 7.03. The van der Waals surface area contributed by atoms with Gasteiger partial charge in [-0.1, -0.05) is 24.3 Å². The fraction of sp³-hybridized carbons (Fsp3) is 0.267. The van der Waals surface area contributed by atoms with Crippen LogP contribution < -0.4 is 18.9 Å². The number of methoxy groups -OCH3 is 4. The standard InChI is InChI=1S/C30H28O8/c1-33-19-9-5-17(6-10-19)27-22(13-24(29(31)35-3)30(32)36-4)21-14-25-26(38-16-37-25)15-23(21)28(27)18-7-11-20(34-2)12-8-18/h5-12,14-15,22,24H,13,16H2,1-4H3. The zero-order chi connectivity index (χ0) is 26.8. The van der Waals surface area contributed by atoms with E-state index in [4.69, 9.17) is 28.4 Å². The van der Waals surface area contributed by atoms with E-state index in [1.54, 1.807) is 14.2 Å². The molecule has 3 aromatic carbocycles. The van der Waals surface area contributed by atoms with Crippen molar-refractivity contribution in [1.29, 1.82) is 0 Å². The lowest BCUT2D eigenvalue weighted by Gasteiger charge is -2.22. The lowest BCUT2D eigenvalue weighted by molar-refractivity contribution is -0.159. The van der Waals surface area contributed by atoms with Crippen LogP contribution in [-0.4, -0.2) is 47.2 Å². The molecule has 1 heterocycles. The van der Waals surface area contributed by atoms with E-state index in [0.717, 1.165) is 44.9 Å². The number of allylic oxidation sites excluding steroid dienone is 1. The molecule has 1 aliphatic carbocycles. The molecule has 0 N–H and O–H groups in total. The summed E-state index contributed by atoms with van der Waals surface area (Å²) in [6.45, 7) is 0.128. The number of fused-ring (bicyclic) bond motifs is 2. The minimum atomic E-state index is -1.11. The van der Waals surface area contributed by atoms with Crippen molar-refractivity contribution in [3.8, 4) is 23.0 Å². The van der Waals surface area contributed by atoms with Crippen molar-refractivity contribution in [2.24, 2.45) is 5.92 Å². The summed E-state index contributed by atoms with van der Waals surface area (Å²) in [5.74, 6) is -0.0527. The van der Waals surface area contributed by atoms with E-state index in [1.165, 1.54) is 14.2 Å². The first-order valence-corrected chi connectivity index (χ1v) is 12.1. The SMILES string of the molecule is COC(=O)C(CC1C(c2ccc(OC)cc2)=C(c2ccc(OC)cc2)c2cc3c(cc21)OCO3)C(=O)OC. The second-order valence-electron chi connectivity index (χ2n) is 8.93. The molecule has 5 rings (SSSR count). The van der Waals surface area contributed by atoms with E-state index in [2.05, 4.69) is 0 Å². The summed E-state index contributed by atoms with van der Waals surface area (Å²) >= 11 is 0. The van der Waals surface area contributed by atoms with Crippen molar-refractivity contribution in [2.75, 3.05) is 35.2 Å². The molecule has 0 saturated heterocycles. The van der Waals surface area contributed by atoms with Crippen LogP contribution in [0.5, 0.6) is 23.0 Å². The van der Waals surface area contributed by atoms with Gasteiger partial charge in [0.05, 0.1) is 28.4 Å². The summed E-state index contributed by atoms with van der Waals surface area (Å²) in [6, 6.07) is 19.4. The molecule has 0 saturated carbocycles. The van der Waals surface area contributed by atoms with Gasteiger partial charge in [-0.25, -0.2) is 0 Å². The summed E-state index contributed by atoms with van der Waals surface area (Å²) < 4.78 is 32.1. The third kappa shape index (κ3) is 4.42. The molecule has 3 aromatic rings. The number of carbonyl (C=O) groups excluding carboxylic acids is 2. The quantitative estimate of drug-likeness (QED) is 0.310. The molecular formula is C30H28O8. The van der Waals surface area contributed by atoms with Crippen LogP contribution in [0, 0.1) is 5.92 Å². The Labute approximate surface area is 220 Å². The molecule has 1 atom stereocenters. The molecule has 2 aliphatic rings. The molecule has 0 radical (unpaired) electrons. The smallest absolute Gasteiger partial charge is 0.320 e. The number of rotatable bonds is 8. The highest BCUT2D eigenvalue weighted by Gasteiger charge is 2.40. The van der Waals surface area contributed by atoms with E-state index in [-0.39, 0.29) is 19.1 Å². The molecule has 0 bridgehead atoms. The van der Waals surface area contributed by atoms with Crippen molar-refractivity contribution in [2.45, 2.75) is 12.3 Å². The summed E-state index contributed by atoms with van der Waals surface area (Å²) in [4.78, 5) is 25.5. The van der Waals surface area contributed by atoms with Crippen LogP contribution in [0.15, 0.2) is 60.7 Å². The molecule has 0 aromatic heterocycles.